The maximum Gasteiger partial charge on any atom is 0.340 e. The van der Waals surface area contributed by atoms with E-state index in [1.54, 1.807) is 25.1 Å². The summed E-state index contributed by atoms with van der Waals surface area (Å²) in [5.74, 6) is -0.711. The number of nitrogens with zero attached hydrogens (tertiary/aromatic N) is 2. The highest BCUT2D eigenvalue weighted by Gasteiger charge is 2.39. The van der Waals surface area contributed by atoms with E-state index in [0.717, 1.165) is 18.4 Å². The molecule has 2 aromatic carbocycles. The van der Waals surface area contributed by atoms with Crippen molar-refractivity contribution in [1.82, 2.24) is 9.88 Å². The second-order valence-corrected chi connectivity index (χ2v) is 9.58. The van der Waals surface area contributed by atoms with Gasteiger partial charge in [-0.1, -0.05) is 59.6 Å². The van der Waals surface area contributed by atoms with Gasteiger partial charge in [0.2, 0.25) is 0 Å². The summed E-state index contributed by atoms with van der Waals surface area (Å²) < 4.78 is 11.1. The summed E-state index contributed by atoms with van der Waals surface area (Å²) in [4.78, 5) is 33.7. The fraction of sp³-hybridized carbons (Fsp3) is 0.296. The van der Waals surface area contributed by atoms with Crippen LogP contribution in [0.1, 0.15) is 50.5 Å². The van der Waals surface area contributed by atoms with Crippen LogP contribution in [0.5, 0.6) is 0 Å². The first kappa shape index (κ1) is 23.8. The minimum Gasteiger partial charge on any atom is -0.457 e. The van der Waals surface area contributed by atoms with E-state index in [-0.39, 0.29) is 24.1 Å². The fourth-order valence-electron chi connectivity index (χ4n) is 4.78. The average molecular weight is 511 g/mol. The molecule has 0 radical (unpaired) electrons. The first-order valence-electron chi connectivity index (χ1n) is 11.5. The number of ether oxygens (including phenoxy) is 2. The standard InChI is InChI=1S/C27H24Cl2N2O4/c1-16-23(27(33)35-15-17-5-3-2-4-6-17)24(20-8-7-18(28)13-21(20)29)25-22(30-16)14-31(26(25)32)19-9-11-34-12-10-19/h2-8,13,19H,9-12,14-15H2,1H3. The van der Waals surface area contributed by atoms with Crippen LogP contribution >= 0.6 is 23.2 Å². The van der Waals surface area contributed by atoms with Gasteiger partial charge in [0, 0.05) is 40.4 Å². The molecular weight excluding hydrogens is 487 g/mol. The van der Waals surface area contributed by atoms with Crippen molar-refractivity contribution < 1.29 is 19.1 Å². The van der Waals surface area contributed by atoms with Crippen LogP contribution in [0.2, 0.25) is 10.0 Å². The van der Waals surface area contributed by atoms with Crippen LogP contribution < -0.4 is 0 Å². The highest BCUT2D eigenvalue weighted by atomic mass is 35.5. The minimum atomic E-state index is -0.556. The molecule has 0 spiro atoms. The lowest BCUT2D eigenvalue weighted by atomic mass is 9.92. The van der Waals surface area contributed by atoms with Crippen molar-refractivity contribution >= 4 is 35.1 Å². The van der Waals surface area contributed by atoms with E-state index in [9.17, 15) is 9.59 Å². The quantitative estimate of drug-likeness (QED) is 0.402. The Bertz CT molecular complexity index is 1290. The van der Waals surface area contributed by atoms with Crippen molar-refractivity contribution in [1.29, 1.82) is 0 Å². The van der Waals surface area contributed by atoms with Crippen LogP contribution in [0, 0.1) is 6.92 Å². The molecular formula is C27H24Cl2N2O4. The number of benzene rings is 2. The van der Waals surface area contributed by atoms with Gasteiger partial charge in [-0.15, -0.1) is 0 Å². The third-order valence-electron chi connectivity index (χ3n) is 6.50. The molecule has 5 rings (SSSR count). The van der Waals surface area contributed by atoms with Crippen LogP contribution in [0.25, 0.3) is 11.1 Å². The number of aromatic nitrogens is 1. The second-order valence-electron chi connectivity index (χ2n) is 8.73. The van der Waals surface area contributed by atoms with Gasteiger partial charge < -0.3 is 14.4 Å². The summed E-state index contributed by atoms with van der Waals surface area (Å²) in [7, 11) is 0. The van der Waals surface area contributed by atoms with Gasteiger partial charge in [-0.3, -0.25) is 9.78 Å². The Morgan fingerprint density at radius 1 is 1.11 bits per heavy atom. The summed E-state index contributed by atoms with van der Waals surface area (Å²) in [6.07, 6.45) is 1.53. The predicted molar refractivity (Wildman–Crippen MR) is 134 cm³/mol. The lowest BCUT2D eigenvalue weighted by molar-refractivity contribution is 0.0302. The lowest BCUT2D eigenvalue weighted by Gasteiger charge is -2.30. The first-order chi connectivity index (χ1) is 16.9. The molecule has 1 amide bonds. The van der Waals surface area contributed by atoms with Gasteiger partial charge in [-0.05, 0) is 37.5 Å². The third kappa shape index (κ3) is 4.66. The van der Waals surface area contributed by atoms with Crippen molar-refractivity contribution in [2.45, 2.75) is 39.0 Å². The number of hydrogen-bond acceptors (Lipinski definition) is 5. The number of fused-ring (bicyclic) bond motifs is 1. The minimum absolute atomic E-state index is 0.0628. The van der Waals surface area contributed by atoms with Gasteiger partial charge >= 0.3 is 5.97 Å². The van der Waals surface area contributed by atoms with Gasteiger partial charge in [-0.2, -0.15) is 0 Å². The van der Waals surface area contributed by atoms with Crippen LogP contribution in [0.15, 0.2) is 48.5 Å². The molecule has 1 saturated heterocycles. The molecule has 2 aliphatic rings. The summed E-state index contributed by atoms with van der Waals surface area (Å²) in [6.45, 7) is 3.48. The van der Waals surface area contributed by atoms with Gasteiger partial charge in [0.1, 0.15) is 6.61 Å². The molecule has 0 unspecified atom stereocenters. The van der Waals surface area contributed by atoms with Gasteiger partial charge in [-0.25, -0.2) is 4.79 Å². The van der Waals surface area contributed by atoms with Crippen molar-refractivity contribution in [2.24, 2.45) is 0 Å². The Hall–Kier alpha value is -2.93. The SMILES string of the molecule is Cc1nc2c(c(-c3ccc(Cl)cc3Cl)c1C(=O)OCc1ccccc1)C(=O)N(C1CCOCC1)C2. The Kier molecular flexibility index (Phi) is 6.78. The molecule has 0 saturated carbocycles. The van der Waals surface area contributed by atoms with Crippen LogP contribution in [-0.4, -0.2) is 41.0 Å². The van der Waals surface area contributed by atoms with Crippen molar-refractivity contribution in [2.75, 3.05) is 13.2 Å². The Morgan fingerprint density at radius 2 is 1.86 bits per heavy atom. The number of halogens is 2. The molecule has 35 heavy (non-hydrogen) atoms. The number of amides is 1. The first-order valence-corrected chi connectivity index (χ1v) is 12.3. The normalized spacial score (nSPS) is 15.9. The Balaban J connectivity index is 1.60. The highest BCUT2D eigenvalue weighted by molar-refractivity contribution is 6.37. The molecule has 6 nitrogen and oxygen atoms in total. The fourth-order valence-corrected chi connectivity index (χ4v) is 5.29. The van der Waals surface area contributed by atoms with Gasteiger partial charge in [0.15, 0.2) is 0 Å². The number of esters is 1. The smallest absolute Gasteiger partial charge is 0.340 e. The Morgan fingerprint density at radius 3 is 2.57 bits per heavy atom. The molecule has 8 heteroatoms. The second kappa shape index (κ2) is 9.97. The van der Waals surface area contributed by atoms with Crippen LogP contribution in [0.3, 0.4) is 0 Å². The number of carbonyl (C=O) groups is 2. The van der Waals surface area contributed by atoms with Crippen LogP contribution in [-0.2, 0) is 22.6 Å². The molecule has 0 aliphatic carbocycles. The molecule has 3 aromatic rings. The number of pyridine rings is 1. The van der Waals surface area contributed by atoms with E-state index < -0.39 is 5.97 Å². The van der Waals surface area contributed by atoms with Crippen molar-refractivity contribution in [3.8, 4) is 11.1 Å². The maximum atomic E-state index is 13.8. The van der Waals surface area contributed by atoms with Gasteiger partial charge in [0.05, 0.1) is 29.1 Å². The lowest BCUT2D eigenvalue weighted by Crippen LogP contribution is -2.39. The highest BCUT2D eigenvalue weighted by Crippen LogP contribution is 2.41. The number of aryl methyl sites for hydroxylation is 1. The van der Waals surface area contributed by atoms with Gasteiger partial charge in [0.25, 0.3) is 5.91 Å². The largest absolute Gasteiger partial charge is 0.457 e. The van der Waals surface area contributed by atoms with E-state index >= 15 is 0 Å². The molecule has 1 aromatic heterocycles. The average Bonchev–Trinajstić information content (AvgIpc) is 3.19. The molecule has 3 heterocycles. The topological polar surface area (TPSA) is 68.7 Å². The molecule has 1 fully saturated rings. The molecule has 0 N–H and O–H groups in total. The maximum absolute atomic E-state index is 13.8. The number of rotatable bonds is 5. The zero-order chi connectivity index (χ0) is 24.5. The Labute approximate surface area is 213 Å². The number of hydrogen-bond donors (Lipinski definition) is 0. The molecule has 0 bridgehead atoms. The zero-order valence-electron chi connectivity index (χ0n) is 19.2. The van der Waals surface area contributed by atoms with E-state index in [1.807, 2.05) is 35.2 Å². The summed E-state index contributed by atoms with van der Waals surface area (Å²) in [6, 6.07) is 14.5. The van der Waals surface area contributed by atoms with Crippen molar-refractivity contribution in [3.05, 3.63) is 86.7 Å². The van der Waals surface area contributed by atoms with E-state index in [2.05, 4.69) is 0 Å². The van der Waals surface area contributed by atoms with E-state index in [0.29, 0.717) is 57.9 Å². The van der Waals surface area contributed by atoms with Crippen molar-refractivity contribution in [3.63, 3.8) is 0 Å². The third-order valence-corrected chi connectivity index (χ3v) is 7.04. The van der Waals surface area contributed by atoms with E-state index in [1.165, 1.54) is 0 Å². The van der Waals surface area contributed by atoms with E-state index in [4.69, 9.17) is 37.7 Å². The predicted octanol–water partition coefficient (Wildman–Crippen LogP) is 5.86. The zero-order valence-corrected chi connectivity index (χ0v) is 20.7. The molecule has 2 aliphatic heterocycles. The molecule has 0 atom stereocenters. The summed E-state index contributed by atoms with van der Waals surface area (Å²) in [5.41, 5.74) is 3.63. The molecule has 180 valence electrons. The summed E-state index contributed by atoms with van der Waals surface area (Å²) >= 11 is 12.8. The number of carbonyl (C=O) groups excluding carboxylic acids is 2. The summed E-state index contributed by atoms with van der Waals surface area (Å²) in [5, 5.41) is 0.810. The van der Waals surface area contributed by atoms with Crippen LogP contribution in [0.4, 0.5) is 0 Å². The monoisotopic (exact) mass is 510 g/mol.